The minimum atomic E-state index is -0.221. The van der Waals surface area contributed by atoms with Gasteiger partial charge < -0.3 is 9.88 Å². The quantitative estimate of drug-likeness (QED) is 0.360. The van der Waals surface area contributed by atoms with Gasteiger partial charge in [0.1, 0.15) is 0 Å². The number of pyridine rings is 2. The van der Waals surface area contributed by atoms with Crippen LogP contribution in [0.3, 0.4) is 0 Å². The highest BCUT2D eigenvalue weighted by Crippen LogP contribution is 2.20. The summed E-state index contributed by atoms with van der Waals surface area (Å²) in [4.78, 5) is 28.9. The van der Waals surface area contributed by atoms with E-state index in [0.29, 0.717) is 23.6 Å². The number of carbonyl (C=O) groups is 1. The molecule has 0 bridgehead atoms. The first kappa shape index (κ1) is 22.6. The molecule has 2 N–H and O–H groups in total. The molecule has 174 valence electrons. The van der Waals surface area contributed by atoms with Crippen LogP contribution in [0.15, 0.2) is 90.1 Å². The molecule has 7 nitrogen and oxygen atoms in total. The Balaban J connectivity index is 1.23. The highest BCUT2D eigenvalue weighted by atomic mass is 35.5. The summed E-state index contributed by atoms with van der Waals surface area (Å²) in [5.74, 6) is -0.221. The summed E-state index contributed by atoms with van der Waals surface area (Å²) in [6.07, 6.45) is 5.74. The van der Waals surface area contributed by atoms with E-state index < -0.39 is 0 Å². The number of hydrogen-bond acceptors (Lipinski definition) is 4. The lowest BCUT2D eigenvalue weighted by Crippen LogP contribution is -2.23. The van der Waals surface area contributed by atoms with Crippen molar-refractivity contribution >= 4 is 28.4 Å². The number of fused-ring (bicyclic) bond motifs is 1. The van der Waals surface area contributed by atoms with Crippen molar-refractivity contribution < 1.29 is 4.79 Å². The van der Waals surface area contributed by atoms with Crippen LogP contribution in [0.5, 0.6) is 0 Å². The standard InChI is InChI=1S/C27H22ClN5O2/c28-22-8-9-24-23(13-22)25(32-31-24)16-30-27(35)21-12-20(14-29-15-21)11-18-4-6-19(7-5-18)17-33-10-2-1-3-26(33)34/h1-10,12-15H,11,16-17H2,(H,30,35)(H,31,32). The van der Waals surface area contributed by atoms with Gasteiger partial charge in [0.15, 0.2) is 0 Å². The number of H-pyrrole nitrogens is 1. The number of rotatable bonds is 7. The fourth-order valence-corrected chi connectivity index (χ4v) is 4.11. The van der Waals surface area contributed by atoms with Crippen LogP contribution < -0.4 is 10.9 Å². The molecule has 0 aliphatic rings. The van der Waals surface area contributed by atoms with E-state index in [9.17, 15) is 9.59 Å². The Kier molecular flexibility index (Phi) is 6.41. The number of amides is 1. The molecule has 3 heterocycles. The molecule has 5 aromatic rings. The first-order valence-electron chi connectivity index (χ1n) is 11.1. The maximum atomic E-state index is 12.8. The Morgan fingerprint density at radius 2 is 1.80 bits per heavy atom. The van der Waals surface area contributed by atoms with Gasteiger partial charge in [-0.3, -0.25) is 19.7 Å². The third-order valence-corrected chi connectivity index (χ3v) is 6.00. The summed E-state index contributed by atoms with van der Waals surface area (Å²) in [5.41, 5.74) is 5.11. The largest absolute Gasteiger partial charge is 0.346 e. The van der Waals surface area contributed by atoms with Crippen molar-refractivity contribution in [2.45, 2.75) is 19.5 Å². The number of hydrogen-bond donors (Lipinski definition) is 2. The van der Waals surface area contributed by atoms with E-state index in [1.165, 1.54) is 0 Å². The third kappa shape index (κ3) is 5.31. The SMILES string of the molecule is O=C(NCc1n[nH]c2ccc(Cl)cc12)c1cncc(Cc2ccc(Cn3ccccc3=O)cc2)c1. The zero-order valence-electron chi connectivity index (χ0n) is 18.7. The van der Waals surface area contributed by atoms with Gasteiger partial charge in [0.25, 0.3) is 11.5 Å². The molecule has 8 heteroatoms. The Morgan fingerprint density at radius 1 is 0.971 bits per heavy atom. The second-order valence-corrected chi connectivity index (χ2v) is 8.72. The molecule has 0 aliphatic carbocycles. The van der Waals surface area contributed by atoms with E-state index in [4.69, 9.17) is 11.6 Å². The van der Waals surface area contributed by atoms with Crippen LogP contribution in [0.4, 0.5) is 0 Å². The second-order valence-electron chi connectivity index (χ2n) is 8.28. The normalized spacial score (nSPS) is 11.0. The van der Waals surface area contributed by atoms with Gasteiger partial charge in [0.05, 0.1) is 29.9 Å². The summed E-state index contributed by atoms with van der Waals surface area (Å²) in [7, 11) is 0. The summed E-state index contributed by atoms with van der Waals surface area (Å²) < 4.78 is 1.67. The first-order chi connectivity index (χ1) is 17.0. The zero-order valence-corrected chi connectivity index (χ0v) is 19.5. The minimum absolute atomic E-state index is 0.0259. The molecule has 0 saturated heterocycles. The van der Waals surface area contributed by atoms with Gasteiger partial charge in [0.2, 0.25) is 0 Å². The van der Waals surface area contributed by atoms with Crippen LogP contribution in [0.25, 0.3) is 10.9 Å². The second kappa shape index (κ2) is 9.95. The van der Waals surface area contributed by atoms with Crippen molar-refractivity contribution in [1.29, 1.82) is 0 Å². The monoisotopic (exact) mass is 483 g/mol. The average Bonchev–Trinajstić information content (AvgIpc) is 3.27. The van der Waals surface area contributed by atoms with Crippen LogP contribution in [0.1, 0.15) is 32.7 Å². The highest BCUT2D eigenvalue weighted by molar-refractivity contribution is 6.31. The smallest absolute Gasteiger partial charge is 0.253 e. The van der Waals surface area contributed by atoms with Gasteiger partial charge in [0, 0.05) is 35.1 Å². The van der Waals surface area contributed by atoms with E-state index in [0.717, 1.165) is 33.3 Å². The van der Waals surface area contributed by atoms with Crippen molar-refractivity contribution in [3.05, 3.63) is 129 Å². The Labute approximate surface area is 206 Å². The first-order valence-corrected chi connectivity index (χ1v) is 11.5. The molecular formula is C27H22ClN5O2. The number of nitrogens with zero attached hydrogens (tertiary/aromatic N) is 3. The van der Waals surface area contributed by atoms with Crippen molar-refractivity contribution in [3.8, 4) is 0 Å². The maximum Gasteiger partial charge on any atom is 0.253 e. The lowest BCUT2D eigenvalue weighted by molar-refractivity contribution is 0.0950. The van der Waals surface area contributed by atoms with Crippen LogP contribution >= 0.6 is 11.6 Å². The van der Waals surface area contributed by atoms with E-state index in [-0.39, 0.29) is 18.0 Å². The summed E-state index contributed by atoms with van der Waals surface area (Å²) in [6, 6.07) is 20.5. The minimum Gasteiger partial charge on any atom is -0.346 e. The molecule has 0 spiro atoms. The highest BCUT2D eigenvalue weighted by Gasteiger charge is 2.11. The van der Waals surface area contributed by atoms with Gasteiger partial charge in [-0.2, -0.15) is 5.10 Å². The number of nitrogens with one attached hydrogen (secondary N) is 2. The van der Waals surface area contributed by atoms with Gasteiger partial charge in [-0.05, 0) is 53.4 Å². The van der Waals surface area contributed by atoms with Gasteiger partial charge >= 0.3 is 0 Å². The molecule has 0 saturated carbocycles. The van der Waals surface area contributed by atoms with Crippen molar-refractivity contribution in [3.63, 3.8) is 0 Å². The van der Waals surface area contributed by atoms with Crippen LogP contribution in [0, 0.1) is 0 Å². The van der Waals surface area contributed by atoms with Crippen LogP contribution in [-0.4, -0.2) is 25.7 Å². The van der Waals surface area contributed by atoms with Crippen molar-refractivity contribution in [1.82, 2.24) is 25.1 Å². The number of benzene rings is 2. The van der Waals surface area contributed by atoms with Crippen LogP contribution in [0.2, 0.25) is 5.02 Å². The zero-order chi connectivity index (χ0) is 24.2. The lowest BCUT2D eigenvalue weighted by Gasteiger charge is -2.08. The molecule has 35 heavy (non-hydrogen) atoms. The summed E-state index contributed by atoms with van der Waals surface area (Å²) >= 11 is 6.09. The van der Waals surface area contributed by atoms with Gasteiger partial charge in [-0.25, -0.2) is 0 Å². The number of carbonyl (C=O) groups excluding carboxylic acids is 1. The number of aromatic nitrogens is 4. The molecule has 5 rings (SSSR count). The fraction of sp³-hybridized carbons (Fsp3) is 0.111. The molecular weight excluding hydrogens is 462 g/mol. The Morgan fingerprint density at radius 3 is 2.63 bits per heavy atom. The van der Waals surface area contributed by atoms with Gasteiger partial charge in [-0.1, -0.05) is 41.9 Å². The third-order valence-electron chi connectivity index (χ3n) is 5.76. The van der Waals surface area contributed by atoms with E-state index in [1.807, 2.05) is 48.5 Å². The molecule has 0 atom stereocenters. The number of aromatic amines is 1. The summed E-state index contributed by atoms with van der Waals surface area (Å²) in [5, 5.41) is 11.6. The van der Waals surface area contributed by atoms with Crippen LogP contribution in [-0.2, 0) is 19.5 Å². The molecule has 0 unspecified atom stereocenters. The van der Waals surface area contributed by atoms with E-state index in [2.05, 4.69) is 20.5 Å². The molecule has 2 aromatic carbocycles. The molecule has 3 aromatic heterocycles. The van der Waals surface area contributed by atoms with Crippen molar-refractivity contribution in [2.24, 2.45) is 0 Å². The molecule has 0 fully saturated rings. The maximum absolute atomic E-state index is 12.8. The van der Waals surface area contributed by atoms with Crippen molar-refractivity contribution in [2.75, 3.05) is 0 Å². The van der Waals surface area contributed by atoms with E-state index >= 15 is 0 Å². The average molecular weight is 484 g/mol. The van der Waals surface area contributed by atoms with E-state index in [1.54, 1.807) is 41.4 Å². The summed E-state index contributed by atoms with van der Waals surface area (Å²) in [6.45, 7) is 0.796. The number of halogens is 1. The Hall–Kier alpha value is -4.23. The Bertz CT molecular complexity index is 1560. The molecule has 1 amide bonds. The fourth-order valence-electron chi connectivity index (χ4n) is 3.94. The lowest BCUT2D eigenvalue weighted by atomic mass is 10.0. The molecule has 0 aliphatic heterocycles. The van der Waals surface area contributed by atoms with Gasteiger partial charge in [-0.15, -0.1) is 0 Å². The predicted molar refractivity (Wildman–Crippen MR) is 136 cm³/mol. The topological polar surface area (TPSA) is 92.7 Å². The molecule has 0 radical (unpaired) electrons. The predicted octanol–water partition coefficient (Wildman–Crippen LogP) is 4.34.